The summed E-state index contributed by atoms with van der Waals surface area (Å²) in [5, 5.41) is 24.5. The molecule has 2 saturated heterocycles. The third kappa shape index (κ3) is 9.63. The molecule has 26 heteroatoms. The van der Waals surface area contributed by atoms with Gasteiger partial charge >= 0.3 is 16.1 Å². The zero-order valence-electron chi connectivity index (χ0n) is 34.0. The molecule has 2 amide bonds. The van der Waals surface area contributed by atoms with Crippen LogP contribution in [0.1, 0.15) is 56.9 Å². The van der Waals surface area contributed by atoms with Crippen molar-refractivity contribution in [1.29, 1.82) is 5.26 Å². The minimum Gasteiger partial charge on any atom is -0.394 e. The number of amides is 2. The first-order valence-electron chi connectivity index (χ1n) is 19.5. The van der Waals surface area contributed by atoms with Crippen LogP contribution in [0.15, 0.2) is 54.0 Å². The predicted molar refractivity (Wildman–Crippen MR) is 217 cm³/mol. The molecular formula is C37H43FN10O13P2. The normalized spacial score (nSPS) is 25.0. The smallest absolute Gasteiger partial charge is 0.394 e. The molecule has 4 aromatic heterocycles. The first-order chi connectivity index (χ1) is 30.1. The first kappa shape index (κ1) is 45.7. The number of nitrogens with zero attached hydrogens (tertiary/aromatic N) is 7. The number of fused-ring (bicyclic) bond motifs is 2. The average molecular weight is 917 g/mol. The number of halogens is 1. The van der Waals surface area contributed by atoms with Gasteiger partial charge in [-0.3, -0.25) is 47.4 Å². The van der Waals surface area contributed by atoms with E-state index in [0.717, 1.165) is 12.5 Å². The van der Waals surface area contributed by atoms with Crippen LogP contribution in [0, 0.1) is 34.9 Å². The first-order valence-corrected chi connectivity index (χ1v) is 22.3. The number of aliphatic hydroxyl groups excluding tert-OH is 1. The molecule has 2 unspecified atom stereocenters. The third-order valence-corrected chi connectivity index (χ3v) is 12.4. The number of phosphoric ester groups is 1. The molecule has 2 aliphatic heterocycles. The molecular weight excluding hydrogens is 873 g/mol. The molecule has 336 valence electrons. The minimum absolute atomic E-state index is 0.00819. The SMILES string of the molecule is CC(C)C(=O)Nc1nc2c(ncn2[C@@H]2O[C@H](CO)[C@@H](C)[C@H]2OP(=O)(OCCC#N)OC[C@H]2O[C@@H](n3cc(F)c4c(NC(=O)c5ccccc5)ncnc43)[C@H](C)[C@@H]2O[PH](=O)O)c(=O)[nH]1. The Kier molecular flexibility index (Phi) is 13.9. The highest BCUT2D eigenvalue weighted by molar-refractivity contribution is 7.48. The molecule has 2 aliphatic rings. The number of aromatic amines is 1. The van der Waals surface area contributed by atoms with Crippen LogP contribution < -0.4 is 16.2 Å². The van der Waals surface area contributed by atoms with Gasteiger partial charge in [0, 0.05) is 29.5 Å². The lowest BCUT2D eigenvalue weighted by molar-refractivity contribution is -0.118. The van der Waals surface area contributed by atoms with Crippen molar-refractivity contribution in [2.24, 2.45) is 17.8 Å². The quantitative estimate of drug-likeness (QED) is 0.0654. The number of carbonyl (C=O) groups excluding carboxylic acids is 2. The van der Waals surface area contributed by atoms with Gasteiger partial charge in [-0.05, 0) is 12.1 Å². The van der Waals surface area contributed by atoms with Crippen LogP contribution in [0.3, 0.4) is 0 Å². The highest BCUT2D eigenvalue weighted by atomic mass is 31.2. The maximum atomic E-state index is 15.8. The second-order valence-corrected chi connectivity index (χ2v) is 17.3. The number of imidazole rings is 1. The van der Waals surface area contributed by atoms with Crippen molar-refractivity contribution in [2.75, 3.05) is 30.5 Å². The van der Waals surface area contributed by atoms with Gasteiger partial charge in [-0.15, -0.1) is 0 Å². The summed E-state index contributed by atoms with van der Waals surface area (Å²) in [6, 6.07) is 10.1. The zero-order chi connectivity index (χ0) is 45.2. The molecule has 0 saturated carbocycles. The van der Waals surface area contributed by atoms with Gasteiger partial charge < -0.3 is 33.9 Å². The summed E-state index contributed by atoms with van der Waals surface area (Å²) in [7, 11) is -8.47. The topological polar surface area (TPSA) is 306 Å². The van der Waals surface area contributed by atoms with Crippen molar-refractivity contribution in [3.8, 4) is 6.07 Å². The fourth-order valence-corrected chi connectivity index (χ4v) is 9.25. The number of H-pyrrole nitrogens is 1. The summed E-state index contributed by atoms with van der Waals surface area (Å²) < 4.78 is 80.5. The lowest BCUT2D eigenvalue weighted by Gasteiger charge is -2.28. The number of hydrogen-bond donors (Lipinski definition) is 5. The molecule has 10 atom stereocenters. The second-order valence-electron chi connectivity index (χ2n) is 14.9. The third-order valence-electron chi connectivity index (χ3n) is 10.5. The van der Waals surface area contributed by atoms with E-state index in [2.05, 4.69) is 35.6 Å². The molecule has 1 aromatic carbocycles. The predicted octanol–water partition coefficient (Wildman–Crippen LogP) is 3.82. The van der Waals surface area contributed by atoms with Gasteiger partial charge in [-0.25, -0.2) is 23.9 Å². The molecule has 6 heterocycles. The number of nitrogens with one attached hydrogen (secondary N) is 3. The number of aliphatic hydroxyl groups is 1. The van der Waals surface area contributed by atoms with Crippen molar-refractivity contribution >= 4 is 61.9 Å². The fourth-order valence-electron chi connectivity index (χ4n) is 7.21. The Bertz CT molecular complexity index is 2660. The summed E-state index contributed by atoms with van der Waals surface area (Å²) in [6.45, 7) is 4.85. The molecule has 63 heavy (non-hydrogen) atoms. The molecule has 5 N–H and O–H groups in total. The van der Waals surface area contributed by atoms with Gasteiger partial charge in [-0.1, -0.05) is 45.9 Å². The lowest BCUT2D eigenvalue weighted by Crippen LogP contribution is -2.32. The van der Waals surface area contributed by atoms with Gasteiger partial charge in [0.1, 0.15) is 36.7 Å². The highest BCUT2D eigenvalue weighted by Crippen LogP contribution is 2.56. The van der Waals surface area contributed by atoms with E-state index in [0.29, 0.717) is 5.56 Å². The second kappa shape index (κ2) is 19.2. The molecule has 0 aliphatic carbocycles. The van der Waals surface area contributed by atoms with E-state index in [4.69, 9.17) is 27.6 Å². The van der Waals surface area contributed by atoms with Crippen LogP contribution in [0.4, 0.5) is 16.2 Å². The van der Waals surface area contributed by atoms with E-state index in [-0.39, 0.29) is 40.4 Å². The van der Waals surface area contributed by atoms with Crippen LogP contribution >= 0.6 is 16.1 Å². The van der Waals surface area contributed by atoms with Crippen LogP contribution in [-0.2, 0) is 41.5 Å². The summed E-state index contributed by atoms with van der Waals surface area (Å²) in [5.41, 5.74) is -0.616. The Balaban J connectivity index is 1.16. The van der Waals surface area contributed by atoms with Crippen molar-refractivity contribution in [1.82, 2.24) is 34.1 Å². The summed E-state index contributed by atoms with van der Waals surface area (Å²) in [5.74, 6) is -4.17. The molecule has 2 fully saturated rings. The van der Waals surface area contributed by atoms with Gasteiger partial charge in [-0.2, -0.15) is 10.2 Å². The van der Waals surface area contributed by atoms with Crippen molar-refractivity contribution in [2.45, 2.75) is 71.0 Å². The van der Waals surface area contributed by atoms with E-state index in [1.54, 1.807) is 58.0 Å². The summed E-state index contributed by atoms with van der Waals surface area (Å²) in [4.78, 5) is 67.5. The van der Waals surface area contributed by atoms with Crippen LogP contribution in [0.2, 0.25) is 0 Å². The molecule has 23 nitrogen and oxygen atoms in total. The summed E-state index contributed by atoms with van der Waals surface area (Å²) >= 11 is 0. The number of nitriles is 1. The Morgan fingerprint density at radius 1 is 1.05 bits per heavy atom. The standard InChI is InChI=1S/C37H43FN10O13P2/c1-18(2)32(50)45-37-44-31-26(34(52)46-37)42-17-48(31)36-28(19(3)23(14-49)58-36)61-63(55,56-12-8-11-39)57-15-24-27(60-62(53)54)20(4)35(59-24)47-13-22(38)25-29(40-16-41-30(25)47)43-33(51)21-9-6-5-7-10-21/h5-7,9-10,13,16-20,23-24,27-28,35-36,49,62H,8,12,14-15H2,1-4H3,(H,53,54)(H,40,41,43,51)(H2,44,45,46,50,52)/t19-,20-,23-,24-,27+,28-,35-,36-,63?/m1/s1. The molecule has 0 spiro atoms. The highest BCUT2D eigenvalue weighted by Gasteiger charge is 2.50. The van der Waals surface area contributed by atoms with E-state index in [9.17, 15) is 38.8 Å². The number of carbonyl (C=O) groups is 2. The maximum Gasteiger partial charge on any atom is 0.475 e. The van der Waals surface area contributed by atoms with E-state index >= 15 is 4.39 Å². The Morgan fingerprint density at radius 3 is 2.49 bits per heavy atom. The van der Waals surface area contributed by atoms with Gasteiger partial charge in [0.25, 0.3) is 11.5 Å². The molecule has 7 rings (SSSR count). The van der Waals surface area contributed by atoms with Crippen LogP contribution in [0.5, 0.6) is 0 Å². The van der Waals surface area contributed by atoms with Crippen LogP contribution in [-0.4, -0.2) is 100 Å². The van der Waals surface area contributed by atoms with Crippen molar-refractivity contribution in [3.63, 3.8) is 0 Å². The van der Waals surface area contributed by atoms with E-state index < -0.39 is 114 Å². The monoisotopic (exact) mass is 916 g/mol. The number of hydrogen-bond acceptors (Lipinski definition) is 17. The van der Waals surface area contributed by atoms with Crippen LogP contribution in [0.25, 0.3) is 22.2 Å². The zero-order valence-corrected chi connectivity index (χ0v) is 35.9. The summed E-state index contributed by atoms with van der Waals surface area (Å²) in [6.07, 6.45) is -4.07. The number of anilines is 2. The van der Waals surface area contributed by atoms with Crippen molar-refractivity contribution < 1.29 is 60.7 Å². The maximum absolute atomic E-state index is 15.8. The minimum atomic E-state index is -4.81. The molecule has 0 radical (unpaired) electrons. The Hall–Kier alpha value is -5.31. The van der Waals surface area contributed by atoms with E-state index in [1.165, 1.54) is 15.5 Å². The molecule has 0 bridgehead atoms. The number of rotatable bonds is 17. The largest absolute Gasteiger partial charge is 0.475 e. The fraction of sp³-hybridized carbons (Fsp3) is 0.459. The number of ether oxygens (including phenoxy) is 2. The number of benzene rings is 1. The average Bonchev–Trinajstić information content (AvgIpc) is 4.00. The molecule has 5 aromatic rings. The number of phosphoric acid groups is 1. The van der Waals surface area contributed by atoms with Crippen molar-refractivity contribution in [3.05, 3.63) is 70.9 Å². The Labute approximate surface area is 357 Å². The van der Waals surface area contributed by atoms with Gasteiger partial charge in [0.2, 0.25) is 11.9 Å². The van der Waals surface area contributed by atoms with Gasteiger partial charge in [0.05, 0.1) is 50.1 Å². The lowest BCUT2D eigenvalue weighted by atomic mass is 10.0. The van der Waals surface area contributed by atoms with E-state index in [1.807, 2.05) is 6.07 Å². The van der Waals surface area contributed by atoms with Gasteiger partial charge in [0.15, 0.2) is 28.9 Å². The Morgan fingerprint density at radius 2 is 1.79 bits per heavy atom. The number of aromatic nitrogens is 7.